The maximum Gasteiger partial charge on any atom is 0.324 e. The number of imidazole rings is 1. The van der Waals surface area contributed by atoms with E-state index >= 15 is 0 Å². The summed E-state index contributed by atoms with van der Waals surface area (Å²) in [5.74, 6) is -0.0634. The van der Waals surface area contributed by atoms with Crippen LogP contribution < -0.4 is 5.32 Å². The van der Waals surface area contributed by atoms with E-state index in [-0.39, 0.29) is 17.7 Å². The van der Waals surface area contributed by atoms with Gasteiger partial charge in [0, 0.05) is 18.1 Å². The molecule has 8 heteroatoms. The van der Waals surface area contributed by atoms with Gasteiger partial charge in [0.25, 0.3) is 0 Å². The number of carbonyl (C=O) groups excluding carboxylic acids is 2. The zero-order valence-electron chi connectivity index (χ0n) is 15.5. The van der Waals surface area contributed by atoms with Crippen molar-refractivity contribution in [3.05, 3.63) is 71.4 Å². The van der Waals surface area contributed by atoms with Crippen LogP contribution in [-0.4, -0.2) is 45.2 Å². The van der Waals surface area contributed by atoms with Gasteiger partial charge in [-0.1, -0.05) is 65.8 Å². The number of thioether (sulfide) groups is 1. The lowest BCUT2D eigenvalue weighted by Crippen LogP contribution is -2.35. The summed E-state index contributed by atoms with van der Waals surface area (Å²) in [6.07, 6.45) is 1.81. The molecular weight excluding hydrogens is 408 g/mol. The molecule has 148 valence electrons. The quantitative estimate of drug-likeness (QED) is 0.607. The number of rotatable bonds is 6. The number of carbonyl (C=O) groups is 2. The van der Waals surface area contributed by atoms with Crippen LogP contribution in [0.2, 0.25) is 5.02 Å². The van der Waals surface area contributed by atoms with Gasteiger partial charge in [0.1, 0.15) is 0 Å². The van der Waals surface area contributed by atoms with Gasteiger partial charge in [-0.15, -0.1) is 0 Å². The molecule has 1 saturated heterocycles. The second-order valence-electron chi connectivity index (χ2n) is 6.57. The zero-order chi connectivity index (χ0) is 20.2. The first-order valence-corrected chi connectivity index (χ1v) is 10.5. The fourth-order valence-corrected chi connectivity index (χ4v) is 4.14. The van der Waals surface area contributed by atoms with Gasteiger partial charge in [-0.3, -0.25) is 9.69 Å². The molecular formula is C21H19ClN4O2S. The van der Waals surface area contributed by atoms with Gasteiger partial charge < -0.3 is 9.88 Å². The van der Waals surface area contributed by atoms with Gasteiger partial charge in [0.05, 0.1) is 24.2 Å². The Kier molecular flexibility index (Phi) is 5.87. The summed E-state index contributed by atoms with van der Waals surface area (Å²) in [7, 11) is 0. The van der Waals surface area contributed by atoms with E-state index in [2.05, 4.69) is 27.0 Å². The van der Waals surface area contributed by atoms with E-state index in [9.17, 15) is 9.59 Å². The number of imide groups is 1. The summed E-state index contributed by atoms with van der Waals surface area (Å²) in [5.41, 5.74) is 3.07. The zero-order valence-corrected chi connectivity index (χ0v) is 17.1. The Morgan fingerprint density at radius 1 is 1.14 bits per heavy atom. The minimum absolute atomic E-state index is 0.152. The Balaban J connectivity index is 1.59. The van der Waals surface area contributed by atoms with Crippen LogP contribution in [0.3, 0.4) is 0 Å². The largest absolute Gasteiger partial charge is 0.336 e. The van der Waals surface area contributed by atoms with Crippen LogP contribution in [-0.2, 0) is 11.3 Å². The van der Waals surface area contributed by atoms with Crippen LogP contribution in [0.5, 0.6) is 0 Å². The second-order valence-corrected chi connectivity index (χ2v) is 7.95. The Morgan fingerprint density at radius 2 is 1.90 bits per heavy atom. The molecule has 3 amide bonds. The van der Waals surface area contributed by atoms with Crippen LogP contribution in [0.4, 0.5) is 4.79 Å². The number of nitrogens with one attached hydrogen (secondary N) is 1. The molecule has 0 spiro atoms. The average Bonchev–Trinajstić information content (AvgIpc) is 3.34. The summed E-state index contributed by atoms with van der Waals surface area (Å²) >= 11 is 7.37. The fraction of sp³-hybridized carbons (Fsp3) is 0.190. The van der Waals surface area contributed by atoms with Crippen LogP contribution in [0.15, 0.2) is 66.0 Å². The third kappa shape index (κ3) is 4.46. The maximum atomic E-state index is 12.4. The maximum absolute atomic E-state index is 12.4. The van der Waals surface area contributed by atoms with Crippen molar-refractivity contribution in [2.45, 2.75) is 11.7 Å². The normalized spacial score (nSPS) is 13.6. The summed E-state index contributed by atoms with van der Waals surface area (Å²) in [4.78, 5) is 29.9. The molecule has 4 rings (SSSR count). The van der Waals surface area contributed by atoms with Crippen molar-refractivity contribution >= 4 is 35.3 Å². The van der Waals surface area contributed by atoms with Crippen LogP contribution in [0, 0.1) is 0 Å². The number of hydrogen-bond acceptors (Lipinski definition) is 4. The molecule has 2 aromatic carbocycles. The molecule has 0 bridgehead atoms. The minimum atomic E-state index is -0.329. The third-order valence-corrected chi connectivity index (χ3v) is 5.85. The first-order chi connectivity index (χ1) is 14.1. The number of nitrogens with zero attached hydrogens (tertiary/aromatic N) is 3. The smallest absolute Gasteiger partial charge is 0.324 e. The lowest BCUT2D eigenvalue weighted by molar-refractivity contribution is -0.124. The lowest BCUT2D eigenvalue weighted by atomic mass is 10.1. The minimum Gasteiger partial charge on any atom is -0.336 e. The highest BCUT2D eigenvalue weighted by atomic mass is 35.5. The predicted octanol–water partition coefficient (Wildman–Crippen LogP) is 3.90. The Bertz CT molecular complexity index is 1020. The van der Waals surface area contributed by atoms with Crippen molar-refractivity contribution in [1.29, 1.82) is 0 Å². The van der Waals surface area contributed by atoms with Gasteiger partial charge >= 0.3 is 6.03 Å². The number of aromatic nitrogens is 2. The van der Waals surface area contributed by atoms with Crippen molar-refractivity contribution in [3.8, 4) is 11.3 Å². The highest BCUT2D eigenvalue weighted by Gasteiger charge is 2.26. The third-order valence-electron chi connectivity index (χ3n) is 4.63. The van der Waals surface area contributed by atoms with E-state index in [0.29, 0.717) is 24.7 Å². The van der Waals surface area contributed by atoms with E-state index in [1.54, 1.807) is 0 Å². The lowest BCUT2D eigenvalue weighted by Gasteiger charge is -2.14. The molecule has 0 saturated carbocycles. The molecule has 0 radical (unpaired) electrons. The van der Waals surface area contributed by atoms with E-state index in [4.69, 9.17) is 11.6 Å². The Hall–Kier alpha value is -2.77. The van der Waals surface area contributed by atoms with E-state index in [1.165, 1.54) is 16.7 Å². The molecule has 1 aromatic heterocycles. The van der Waals surface area contributed by atoms with Crippen molar-refractivity contribution < 1.29 is 9.59 Å². The van der Waals surface area contributed by atoms with Gasteiger partial charge in [0.2, 0.25) is 5.91 Å². The van der Waals surface area contributed by atoms with Crippen LogP contribution >= 0.6 is 23.4 Å². The van der Waals surface area contributed by atoms with Gasteiger partial charge in [-0.05, 0) is 23.3 Å². The molecule has 0 atom stereocenters. The van der Waals surface area contributed by atoms with Crippen LogP contribution in [0.25, 0.3) is 11.3 Å². The fourth-order valence-electron chi connectivity index (χ4n) is 3.16. The molecule has 1 aliphatic heterocycles. The van der Waals surface area contributed by atoms with E-state index in [0.717, 1.165) is 22.0 Å². The summed E-state index contributed by atoms with van der Waals surface area (Å²) in [5, 5.41) is 4.05. The van der Waals surface area contributed by atoms with Gasteiger partial charge in [-0.2, -0.15) is 0 Å². The van der Waals surface area contributed by atoms with Crippen molar-refractivity contribution in [3.63, 3.8) is 0 Å². The average molecular weight is 427 g/mol. The highest BCUT2D eigenvalue weighted by molar-refractivity contribution is 7.99. The predicted molar refractivity (Wildman–Crippen MR) is 114 cm³/mol. The second kappa shape index (κ2) is 8.71. The Morgan fingerprint density at radius 3 is 2.59 bits per heavy atom. The van der Waals surface area contributed by atoms with Crippen LogP contribution in [0.1, 0.15) is 5.56 Å². The van der Waals surface area contributed by atoms with Gasteiger partial charge in [-0.25, -0.2) is 9.78 Å². The summed E-state index contributed by atoms with van der Waals surface area (Å²) < 4.78 is 2.08. The number of hydrogen-bond donors (Lipinski definition) is 1. The monoisotopic (exact) mass is 426 g/mol. The molecule has 1 N–H and O–H groups in total. The number of halogens is 1. The van der Waals surface area contributed by atoms with E-state index < -0.39 is 0 Å². The van der Waals surface area contributed by atoms with Crippen molar-refractivity contribution in [2.75, 3.05) is 18.8 Å². The summed E-state index contributed by atoms with van der Waals surface area (Å²) in [6, 6.07) is 17.4. The first-order valence-electron chi connectivity index (χ1n) is 9.18. The first kappa shape index (κ1) is 19.5. The number of benzene rings is 2. The molecule has 1 fully saturated rings. The van der Waals surface area contributed by atoms with Gasteiger partial charge in [0.15, 0.2) is 5.16 Å². The molecule has 0 unspecified atom stereocenters. The topological polar surface area (TPSA) is 67.2 Å². The molecule has 29 heavy (non-hydrogen) atoms. The standard InChI is InChI=1S/C21H19ClN4O2S/c22-17-8-6-16(7-9-17)18-12-24-21(26(18)13-15-4-2-1-3-5-15)29-14-19(27)25-11-10-23-20(25)28/h1-9,12H,10-11,13-14H2,(H,23,28). The molecule has 0 aliphatic carbocycles. The number of amides is 3. The van der Waals surface area contributed by atoms with Crippen molar-refractivity contribution in [2.24, 2.45) is 0 Å². The molecule has 3 aromatic rings. The molecule has 2 heterocycles. The SMILES string of the molecule is O=C(CSc1ncc(-c2ccc(Cl)cc2)n1Cc1ccccc1)N1CCNC1=O. The highest BCUT2D eigenvalue weighted by Crippen LogP contribution is 2.28. The van der Waals surface area contributed by atoms with Crippen molar-refractivity contribution in [1.82, 2.24) is 19.8 Å². The molecule has 6 nitrogen and oxygen atoms in total. The van der Waals surface area contributed by atoms with E-state index in [1.807, 2.05) is 48.7 Å². The molecule has 1 aliphatic rings. The summed E-state index contributed by atoms with van der Waals surface area (Å²) in [6.45, 7) is 1.53. The Labute approximate surface area is 177 Å². The number of urea groups is 1.